The van der Waals surface area contributed by atoms with Gasteiger partial charge in [0.2, 0.25) is 5.91 Å². The van der Waals surface area contributed by atoms with E-state index in [2.05, 4.69) is 16.8 Å². The highest BCUT2D eigenvalue weighted by molar-refractivity contribution is 5.80. The van der Waals surface area contributed by atoms with Gasteiger partial charge < -0.3 is 15.5 Å². The molecular weight excluding hydrogens is 276 g/mol. The Labute approximate surface area is 133 Å². The second-order valence-corrected chi connectivity index (χ2v) is 6.98. The first-order valence-electron chi connectivity index (χ1n) is 8.58. The number of hydrogen-bond donors (Lipinski definition) is 1. The Hall–Kier alpha value is -1.52. The van der Waals surface area contributed by atoms with Crippen LogP contribution in [0.25, 0.3) is 0 Å². The van der Waals surface area contributed by atoms with Gasteiger partial charge in [-0.15, -0.1) is 0 Å². The van der Waals surface area contributed by atoms with Crippen molar-refractivity contribution in [1.82, 2.24) is 9.80 Å². The zero-order valence-electron chi connectivity index (χ0n) is 13.8. The standard InChI is InChI=1S/C17H28N4O/c1-3-4-13-11-19-12-14(18)16(13)21-9-7-17(8-10-21)6-5-15(22)20(17)2/h12-13H,3-11,18H2,1-2H3. The largest absolute Gasteiger partial charge is 0.396 e. The van der Waals surface area contributed by atoms with E-state index in [9.17, 15) is 4.79 Å². The van der Waals surface area contributed by atoms with Crippen LogP contribution < -0.4 is 5.73 Å². The number of piperidine rings is 1. The van der Waals surface area contributed by atoms with Crippen molar-refractivity contribution in [2.24, 2.45) is 16.6 Å². The molecule has 0 aromatic carbocycles. The second-order valence-electron chi connectivity index (χ2n) is 6.98. The predicted octanol–water partition coefficient (Wildman–Crippen LogP) is 1.74. The molecule has 122 valence electrons. The molecule has 2 N–H and O–H groups in total. The maximum Gasteiger partial charge on any atom is 0.222 e. The van der Waals surface area contributed by atoms with Crippen LogP contribution in [-0.4, -0.2) is 54.1 Å². The predicted molar refractivity (Wildman–Crippen MR) is 88.5 cm³/mol. The molecule has 3 heterocycles. The molecule has 0 bridgehead atoms. The Bertz CT molecular complexity index is 503. The van der Waals surface area contributed by atoms with Gasteiger partial charge in [0.05, 0.1) is 5.70 Å². The zero-order valence-corrected chi connectivity index (χ0v) is 13.8. The molecular formula is C17H28N4O. The first kappa shape index (κ1) is 15.4. The number of dihydropyridines is 1. The summed E-state index contributed by atoms with van der Waals surface area (Å²) < 4.78 is 0. The van der Waals surface area contributed by atoms with Crippen LogP contribution in [0.3, 0.4) is 0 Å². The van der Waals surface area contributed by atoms with Gasteiger partial charge in [-0.1, -0.05) is 13.3 Å². The van der Waals surface area contributed by atoms with Gasteiger partial charge in [-0.25, -0.2) is 0 Å². The van der Waals surface area contributed by atoms with Crippen molar-refractivity contribution in [1.29, 1.82) is 0 Å². The Morgan fingerprint density at radius 2 is 2.09 bits per heavy atom. The quantitative estimate of drug-likeness (QED) is 0.864. The van der Waals surface area contributed by atoms with Crippen LogP contribution in [0.2, 0.25) is 0 Å². The van der Waals surface area contributed by atoms with Crippen molar-refractivity contribution in [3.8, 4) is 0 Å². The highest BCUT2D eigenvalue weighted by atomic mass is 16.2. The third-order valence-electron chi connectivity index (χ3n) is 5.80. The number of likely N-dealkylation sites (tertiary alicyclic amines) is 2. The smallest absolute Gasteiger partial charge is 0.222 e. The number of nitrogens with two attached hydrogens (primary N) is 1. The molecule has 5 nitrogen and oxygen atoms in total. The van der Waals surface area contributed by atoms with E-state index in [1.54, 1.807) is 0 Å². The van der Waals surface area contributed by atoms with Gasteiger partial charge in [-0.05, 0) is 25.7 Å². The third-order valence-corrected chi connectivity index (χ3v) is 5.80. The molecule has 0 aliphatic carbocycles. The molecule has 1 unspecified atom stereocenters. The van der Waals surface area contributed by atoms with Gasteiger partial charge in [0, 0.05) is 56.5 Å². The fraction of sp³-hybridized carbons (Fsp3) is 0.765. The van der Waals surface area contributed by atoms with Gasteiger partial charge in [-0.3, -0.25) is 9.79 Å². The molecule has 3 aliphatic heterocycles. The lowest BCUT2D eigenvalue weighted by Gasteiger charge is -2.46. The molecule has 2 fully saturated rings. The van der Waals surface area contributed by atoms with Crippen molar-refractivity contribution in [3.05, 3.63) is 11.4 Å². The molecule has 0 radical (unpaired) electrons. The summed E-state index contributed by atoms with van der Waals surface area (Å²) in [7, 11) is 1.98. The second kappa shape index (κ2) is 5.94. The molecule has 2 saturated heterocycles. The summed E-state index contributed by atoms with van der Waals surface area (Å²) in [5, 5.41) is 0. The van der Waals surface area contributed by atoms with E-state index in [0.717, 1.165) is 57.4 Å². The van der Waals surface area contributed by atoms with Gasteiger partial charge in [0.1, 0.15) is 0 Å². The first-order chi connectivity index (χ1) is 10.6. The van der Waals surface area contributed by atoms with Crippen molar-refractivity contribution in [2.75, 3.05) is 26.7 Å². The minimum Gasteiger partial charge on any atom is -0.396 e. The molecule has 5 heteroatoms. The first-order valence-corrected chi connectivity index (χ1v) is 8.58. The summed E-state index contributed by atoms with van der Waals surface area (Å²) >= 11 is 0. The molecule has 0 aromatic heterocycles. The lowest BCUT2D eigenvalue weighted by molar-refractivity contribution is -0.130. The summed E-state index contributed by atoms with van der Waals surface area (Å²) in [6, 6.07) is 0. The molecule has 3 rings (SSSR count). The Morgan fingerprint density at radius 1 is 1.36 bits per heavy atom. The number of hydrogen-bond acceptors (Lipinski definition) is 4. The monoisotopic (exact) mass is 304 g/mol. The van der Waals surface area contributed by atoms with Crippen LogP contribution in [0.1, 0.15) is 45.4 Å². The summed E-state index contributed by atoms with van der Waals surface area (Å²) in [5.74, 6) is 0.771. The lowest BCUT2D eigenvalue weighted by Crippen LogP contribution is -2.52. The van der Waals surface area contributed by atoms with Crippen LogP contribution >= 0.6 is 0 Å². The summed E-state index contributed by atoms with van der Waals surface area (Å²) in [6.07, 6.45) is 7.98. The maximum atomic E-state index is 11.9. The number of nitrogens with zero attached hydrogens (tertiary/aromatic N) is 3. The molecule has 3 aliphatic rings. The van der Waals surface area contributed by atoms with E-state index in [4.69, 9.17) is 5.73 Å². The number of allylic oxidation sites excluding steroid dienone is 1. The summed E-state index contributed by atoms with van der Waals surface area (Å²) in [5.41, 5.74) is 8.50. The zero-order chi connectivity index (χ0) is 15.7. The normalized spacial score (nSPS) is 28.1. The van der Waals surface area contributed by atoms with Crippen molar-refractivity contribution in [3.63, 3.8) is 0 Å². The molecule has 0 aromatic rings. The van der Waals surface area contributed by atoms with E-state index >= 15 is 0 Å². The Morgan fingerprint density at radius 3 is 2.68 bits per heavy atom. The fourth-order valence-corrected chi connectivity index (χ4v) is 4.37. The number of carbonyl (C=O) groups is 1. The van der Waals surface area contributed by atoms with Crippen LogP contribution in [0, 0.1) is 5.92 Å². The van der Waals surface area contributed by atoms with E-state index in [1.165, 1.54) is 5.70 Å². The molecule has 1 spiro atoms. The van der Waals surface area contributed by atoms with Crippen molar-refractivity contribution >= 4 is 12.1 Å². The van der Waals surface area contributed by atoms with Gasteiger partial charge in [0.15, 0.2) is 0 Å². The summed E-state index contributed by atoms with van der Waals surface area (Å²) in [6.45, 7) is 5.09. The van der Waals surface area contributed by atoms with E-state index in [1.807, 2.05) is 18.2 Å². The van der Waals surface area contributed by atoms with Gasteiger partial charge in [-0.2, -0.15) is 0 Å². The highest BCUT2D eigenvalue weighted by Crippen LogP contribution is 2.40. The van der Waals surface area contributed by atoms with Crippen LogP contribution in [0.15, 0.2) is 16.4 Å². The van der Waals surface area contributed by atoms with E-state index < -0.39 is 0 Å². The van der Waals surface area contributed by atoms with Crippen molar-refractivity contribution < 1.29 is 4.79 Å². The molecule has 1 atom stereocenters. The number of rotatable bonds is 3. The molecule has 1 amide bonds. The Balaban J connectivity index is 1.73. The molecule has 0 saturated carbocycles. The minimum atomic E-state index is 0.103. The topological polar surface area (TPSA) is 61.9 Å². The van der Waals surface area contributed by atoms with Crippen LogP contribution in [0.4, 0.5) is 0 Å². The maximum absolute atomic E-state index is 11.9. The van der Waals surface area contributed by atoms with Gasteiger partial charge >= 0.3 is 0 Å². The van der Waals surface area contributed by atoms with E-state index in [-0.39, 0.29) is 5.54 Å². The third kappa shape index (κ3) is 2.50. The van der Waals surface area contributed by atoms with E-state index in [0.29, 0.717) is 18.2 Å². The Kier molecular flexibility index (Phi) is 4.15. The molecule has 22 heavy (non-hydrogen) atoms. The number of amides is 1. The van der Waals surface area contributed by atoms with Crippen LogP contribution in [-0.2, 0) is 4.79 Å². The SMILES string of the molecule is CCCC1CN=CC(N)=C1N1CCC2(CCC(=O)N2C)CC1. The summed E-state index contributed by atoms with van der Waals surface area (Å²) in [4.78, 5) is 20.8. The lowest BCUT2D eigenvalue weighted by atomic mass is 9.84. The average Bonchev–Trinajstić information content (AvgIpc) is 2.78. The van der Waals surface area contributed by atoms with Crippen LogP contribution in [0.5, 0.6) is 0 Å². The minimum absolute atomic E-state index is 0.103. The highest BCUT2D eigenvalue weighted by Gasteiger charge is 2.45. The average molecular weight is 304 g/mol. The van der Waals surface area contributed by atoms with Crippen molar-refractivity contribution in [2.45, 2.75) is 51.0 Å². The number of aliphatic imine (C=N–C) groups is 1. The fourth-order valence-electron chi connectivity index (χ4n) is 4.37. The number of carbonyl (C=O) groups excluding carboxylic acids is 1. The van der Waals surface area contributed by atoms with Gasteiger partial charge in [0.25, 0.3) is 0 Å².